The van der Waals surface area contributed by atoms with Gasteiger partial charge in [-0.05, 0) is 25.5 Å². The number of nitrogens with one attached hydrogen (secondary N) is 1. The highest BCUT2D eigenvalue weighted by Crippen LogP contribution is 2.36. The molecule has 188 valence electrons. The number of methoxy groups -OCH3 is 1. The molecule has 1 N–H and O–H groups in total. The Bertz CT molecular complexity index is 1450. The molecule has 0 spiro atoms. The molecule has 0 saturated heterocycles. The quantitative estimate of drug-likeness (QED) is 0.252. The number of rotatable bonds is 8. The summed E-state index contributed by atoms with van der Waals surface area (Å²) >= 11 is 3.97. The molecule has 3 heterocycles. The maximum atomic E-state index is 12.9. The topological polar surface area (TPSA) is 106 Å². The second-order valence-corrected chi connectivity index (χ2v) is 10.9. The van der Waals surface area contributed by atoms with Crippen LogP contribution in [0.15, 0.2) is 34.8 Å². The zero-order valence-electron chi connectivity index (χ0n) is 20.4. The zero-order valence-corrected chi connectivity index (χ0v) is 22.9. The molecule has 3 aromatic heterocycles. The number of thiophene rings is 2. The lowest BCUT2D eigenvalue weighted by Gasteiger charge is -2.08. The molecule has 0 bridgehead atoms. The number of anilines is 1. The van der Waals surface area contributed by atoms with Gasteiger partial charge in [-0.1, -0.05) is 30.0 Å². The Morgan fingerprint density at radius 2 is 1.94 bits per heavy atom. The van der Waals surface area contributed by atoms with Gasteiger partial charge in [0.1, 0.15) is 5.00 Å². The molecular formula is C24H25N5O4S3. The number of fused-ring (bicyclic) bond motifs is 1. The van der Waals surface area contributed by atoms with E-state index in [2.05, 4.69) is 33.0 Å². The fourth-order valence-electron chi connectivity index (χ4n) is 3.68. The molecule has 12 heteroatoms. The van der Waals surface area contributed by atoms with Crippen molar-refractivity contribution in [3.05, 3.63) is 45.6 Å². The number of hydrogen-bond acceptors (Lipinski definition) is 9. The van der Waals surface area contributed by atoms with Crippen molar-refractivity contribution in [1.82, 2.24) is 19.7 Å². The molecule has 4 aromatic rings. The summed E-state index contributed by atoms with van der Waals surface area (Å²) in [6.45, 7) is 4.32. The minimum absolute atomic E-state index is 0.0526. The van der Waals surface area contributed by atoms with Crippen LogP contribution in [-0.4, -0.2) is 64.4 Å². The molecule has 0 fully saturated rings. The molecule has 2 amide bonds. The van der Waals surface area contributed by atoms with E-state index < -0.39 is 5.97 Å². The molecule has 0 unspecified atom stereocenters. The molecule has 0 saturated carbocycles. The fraction of sp³-hybridized carbons (Fsp3) is 0.292. The standard InChI is InChI=1S/C24H25N5O4S3/c1-6-29-20(15-11-34-16-10-8-7-9-14(15)16)26-27-24(29)35-12-17(30)25-21-18(23(32)33-5)13(2)19(36-21)22(31)28(3)4/h7-11H,6,12H2,1-5H3,(H,25,30). The molecule has 0 aliphatic heterocycles. The average Bonchev–Trinajstić information content (AvgIpc) is 3.56. The predicted molar refractivity (Wildman–Crippen MR) is 144 cm³/mol. The minimum atomic E-state index is -0.608. The van der Waals surface area contributed by atoms with E-state index in [9.17, 15) is 14.4 Å². The Kier molecular flexibility index (Phi) is 7.76. The van der Waals surface area contributed by atoms with Gasteiger partial charge in [0, 0.05) is 41.7 Å². The van der Waals surface area contributed by atoms with Gasteiger partial charge in [0.25, 0.3) is 5.91 Å². The summed E-state index contributed by atoms with van der Waals surface area (Å²) in [6, 6.07) is 8.14. The Morgan fingerprint density at radius 1 is 1.19 bits per heavy atom. The van der Waals surface area contributed by atoms with E-state index in [0.29, 0.717) is 22.1 Å². The number of thioether (sulfide) groups is 1. The number of hydrogen-bond donors (Lipinski definition) is 1. The Balaban J connectivity index is 1.54. The lowest BCUT2D eigenvalue weighted by Crippen LogP contribution is -2.21. The van der Waals surface area contributed by atoms with E-state index in [0.717, 1.165) is 28.1 Å². The monoisotopic (exact) mass is 543 g/mol. The third-order valence-electron chi connectivity index (χ3n) is 5.48. The fourth-order valence-corrected chi connectivity index (χ4v) is 6.65. The van der Waals surface area contributed by atoms with Crippen LogP contribution in [0.25, 0.3) is 21.5 Å². The molecule has 1 aromatic carbocycles. The molecule has 36 heavy (non-hydrogen) atoms. The van der Waals surface area contributed by atoms with Crippen molar-refractivity contribution in [2.24, 2.45) is 0 Å². The molecule has 0 aliphatic rings. The van der Waals surface area contributed by atoms with Crippen LogP contribution in [0.2, 0.25) is 0 Å². The normalized spacial score (nSPS) is 11.0. The van der Waals surface area contributed by atoms with Crippen LogP contribution in [0.3, 0.4) is 0 Å². The van der Waals surface area contributed by atoms with Crippen molar-refractivity contribution in [2.45, 2.75) is 25.5 Å². The van der Waals surface area contributed by atoms with E-state index in [1.54, 1.807) is 32.4 Å². The van der Waals surface area contributed by atoms with Crippen molar-refractivity contribution in [3.8, 4) is 11.4 Å². The highest BCUT2D eigenvalue weighted by atomic mass is 32.2. The smallest absolute Gasteiger partial charge is 0.341 e. The first kappa shape index (κ1) is 25.9. The van der Waals surface area contributed by atoms with Gasteiger partial charge in [-0.25, -0.2) is 4.79 Å². The van der Waals surface area contributed by atoms with Gasteiger partial charge in [0.2, 0.25) is 5.91 Å². The first-order chi connectivity index (χ1) is 17.3. The lowest BCUT2D eigenvalue weighted by molar-refractivity contribution is -0.113. The van der Waals surface area contributed by atoms with Gasteiger partial charge in [-0.3, -0.25) is 9.59 Å². The maximum absolute atomic E-state index is 12.9. The number of carbonyl (C=O) groups is 3. The van der Waals surface area contributed by atoms with E-state index in [4.69, 9.17) is 4.74 Å². The summed E-state index contributed by atoms with van der Waals surface area (Å²) in [5.41, 5.74) is 1.68. The van der Waals surface area contributed by atoms with Gasteiger partial charge >= 0.3 is 5.97 Å². The van der Waals surface area contributed by atoms with Gasteiger partial charge in [-0.15, -0.1) is 32.9 Å². The van der Waals surface area contributed by atoms with Crippen molar-refractivity contribution >= 4 is 67.3 Å². The van der Waals surface area contributed by atoms with Crippen LogP contribution < -0.4 is 5.32 Å². The number of benzene rings is 1. The molecule has 0 atom stereocenters. The summed E-state index contributed by atoms with van der Waals surface area (Å²) in [5.74, 6) is -0.378. The molecule has 0 aliphatic carbocycles. The Hall–Kier alpha value is -3.22. The van der Waals surface area contributed by atoms with Gasteiger partial charge in [-0.2, -0.15) is 0 Å². The van der Waals surface area contributed by atoms with E-state index in [1.807, 2.05) is 23.6 Å². The molecule has 0 radical (unpaired) electrons. The maximum Gasteiger partial charge on any atom is 0.341 e. The summed E-state index contributed by atoms with van der Waals surface area (Å²) in [7, 11) is 4.52. The number of carbonyl (C=O) groups excluding carboxylic acids is 3. The van der Waals surface area contributed by atoms with Gasteiger partial charge in [0.15, 0.2) is 11.0 Å². The van der Waals surface area contributed by atoms with Crippen LogP contribution in [0.5, 0.6) is 0 Å². The van der Waals surface area contributed by atoms with Crippen LogP contribution in [0.1, 0.15) is 32.5 Å². The second-order valence-electron chi connectivity index (χ2n) is 7.98. The van der Waals surface area contributed by atoms with Crippen LogP contribution in [0, 0.1) is 6.92 Å². The van der Waals surface area contributed by atoms with Crippen molar-refractivity contribution in [1.29, 1.82) is 0 Å². The second kappa shape index (κ2) is 10.8. The average molecular weight is 544 g/mol. The summed E-state index contributed by atoms with van der Waals surface area (Å²) < 4.78 is 8.04. The third kappa shape index (κ3) is 4.88. The summed E-state index contributed by atoms with van der Waals surface area (Å²) in [5, 5.41) is 15.6. The first-order valence-electron chi connectivity index (χ1n) is 11.0. The largest absolute Gasteiger partial charge is 0.465 e. The Morgan fingerprint density at radius 3 is 2.64 bits per heavy atom. The van der Waals surface area contributed by atoms with E-state index >= 15 is 0 Å². The Labute approximate surface area is 220 Å². The number of ether oxygens (including phenoxy) is 1. The highest BCUT2D eigenvalue weighted by molar-refractivity contribution is 7.99. The number of aromatic nitrogens is 3. The lowest BCUT2D eigenvalue weighted by atomic mass is 10.1. The van der Waals surface area contributed by atoms with Gasteiger partial charge in [0.05, 0.1) is 23.3 Å². The molecule has 9 nitrogen and oxygen atoms in total. The van der Waals surface area contributed by atoms with Crippen LogP contribution in [-0.2, 0) is 16.1 Å². The van der Waals surface area contributed by atoms with E-state index in [-0.39, 0.29) is 28.1 Å². The van der Waals surface area contributed by atoms with E-state index in [1.165, 1.54) is 28.5 Å². The summed E-state index contributed by atoms with van der Waals surface area (Å²) in [6.07, 6.45) is 0. The zero-order chi connectivity index (χ0) is 26.0. The number of esters is 1. The number of nitrogens with zero attached hydrogens (tertiary/aromatic N) is 4. The van der Waals surface area contributed by atoms with Crippen molar-refractivity contribution in [3.63, 3.8) is 0 Å². The molecule has 4 rings (SSSR count). The van der Waals surface area contributed by atoms with Crippen molar-refractivity contribution < 1.29 is 19.1 Å². The van der Waals surface area contributed by atoms with Gasteiger partial charge < -0.3 is 19.5 Å². The third-order valence-corrected chi connectivity index (χ3v) is 8.60. The van der Waals surface area contributed by atoms with Crippen LogP contribution >= 0.6 is 34.4 Å². The van der Waals surface area contributed by atoms with Crippen molar-refractivity contribution in [2.75, 3.05) is 32.3 Å². The van der Waals surface area contributed by atoms with Crippen LogP contribution in [0.4, 0.5) is 5.00 Å². The predicted octanol–water partition coefficient (Wildman–Crippen LogP) is 4.77. The highest BCUT2D eigenvalue weighted by Gasteiger charge is 2.27. The summed E-state index contributed by atoms with van der Waals surface area (Å²) in [4.78, 5) is 39.6. The molecular weight excluding hydrogens is 518 g/mol. The number of amides is 2. The minimum Gasteiger partial charge on any atom is -0.465 e. The SMILES string of the molecule is CCn1c(SCC(=O)Nc2sc(C(=O)N(C)C)c(C)c2C(=O)OC)nnc1-c1csc2ccccc12. The first-order valence-corrected chi connectivity index (χ1v) is 13.7.